The summed E-state index contributed by atoms with van der Waals surface area (Å²) in [6.45, 7) is 0. The molecule has 0 aromatic rings. The van der Waals surface area contributed by atoms with Gasteiger partial charge in [-0.2, -0.15) is 11.8 Å². The predicted octanol–water partition coefficient (Wildman–Crippen LogP) is 1.59. The Kier molecular flexibility index (Phi) is 1.89. The van der Waals surface area contributed by atoms with E-state index in [0.29, 0.717) is 0 Å². The quantitative estimate of drug-likeness (QED) is 0.445. The highest BCUT2D eigenvalue weighted by Crippen LogP contribution is 2.13. The second kappa shape index (κ2) is 2.51. The lowest BCUT2D eigenvalue weighted by Crippen LogP contribution is -1.92. The van der Waals surface area contributed by atoms with Crippen molar-refractivity contribution in [3.05, 3.63) is 6.42 Å². The van der Waals surface area contributed by atoms with Crippen LogP contribution in [0.5, 0.6) is 0 Å². The molecule has 0 spiro atoms. The van der Waals surface area contributed by atoms with Crippen LogP contribution < -0.4 is 0 Å². The molecule has 1 aliphatic heterocycles. The van der Waals surface area contributed by atoms with Crippen molar-refractivity contribution in [1.29, 1.82) is 0 Å². The summed E-state index contributed by atoms with van der Waals surface area (Å²) >= 11 is 2.03. The molecule has 0 amide bonds. The maximum absolute atomic E-state index is 3.26. The van der Waals surface area contributed by atoms with Crippen molar-refractivity contribution in [3.63, 3.8) is 0 Å². The van der Waals surface area contributed by atoms with Gasteiger partial charge in [0.05, 0.1) is 0 Å². The van der Waals surface area contributed by atoms with Gasteiger partial charge in [-0.15, -0.1) is 0 Å². The molecule has 1 heteroatoms. The van der Waals surface area contributed by atoms with Crippen molar-refractivity contribution in [2.24, 2.45) is 0 Å². The minimum Gasteiger partial charge on any atom is -0.162 e. The van der Waals surface area contributed by atoms with E-state index in [1.54, 1.807) is 0 Å². The first-order valence-corrected chi connectivity index (χ1v) is 3.44. The Morgan fingerprint density at radius 3 is 2.00 bits per heavy atom. The molecule has 0 N–H and O–H groups in total. The average molecular weight is 100 g/mol. The lowest BCUT2D eigenvalue weighted by molar-refractivity contribution is 0.959. The fourth-order valence-corrected chi connectivity index (χ4v) is 1.30. The van der Waals surface area contributed by atoms with Crippen molar-refractivity contribution in [1.82, 2.24) is 0 Å². The van der Waals surface area contributed by atoms with Gasteiger partial charge < -0.3 is 0 Å². The second-order valence-corrected chi connectivity index (χ2v) is 2.59. The zero-order valence-electron chi connectivity index (χ0n) is 3.74. The standard InChI is InChI=1S/C5H8S/c1-2-4-6-5-3-1/h2-5H2. The van der Waals surface area contributed by atoms with Crippen LogP contribution in [0, 0.1) is 6.42 Å². The van der Waals surface area contributed by atoms with Crippen LogP contribution in [0.1, 0.15) is 12.8 Å². The fraction of sp³-hybridized carbons (Fsp3) is 0.800. The SMILES string of the molecule is [C]1CCSCC1. The summed E-state index contributed by atoms with van der Waals surface area (Å²) < 4.78 is 0. The van der Waals surface area contributed by atoms with Gasteiger partial charge in [-0.25, -0.2) is 0 Å². The molecule has 0 aliphatic carbocycles. The second-order valence-electron chi connectivity index (χ2n) is 1.36. The Balaban J connectivity index is 2.00. The minimum absolute atomic E-state index is 1.21. The van der Waals surface area contributed by atoms with Gasteiger partial charge in [-0.1, -0.05) is 0 Å². The number of hydrogen-bond donors (Lipinski definition) is 0. The Hall–Kier alpha value is 0.350. The molecule has 1 rings (SSSR count). The molecule has 0 aromatic carbocycles. The molecular weight excluding hydrogens is 92.1 g/mol. The predicted molar refractivity (Wildman–Crippen MR) is 29.8 cm³/mol. The van der Waals surface area contributed by atoms with Crippen LogP contribution in [0.25, 0.3) is 0 Å². The van der Waals surface area contributed by atoms with Gasteiger partial charge in [0, 0.05) is 0 Å². The summed E-state index contributed by atoms with van der Waals surface area (Å²) in [6, 6.07) is 0. The summed E-state index contributed by atoms with van der Waals surface area (Å²) in [5.74, 6) is 2.61. The molecule has 1 saturated heterocycles. The van der Waals surface area contributed by atoms with Crippen LogP contribution in [0.3, 0.4) is 0 Å². The molecule has 0 unspecified atom stereocenters. The Morgan fingerprint density at radius 1 is 1.17 bits per heavy atom. The zero-order valence-corrected chi connectivity index (χ0v) is 4.55. The molecule has 0 atom stereocenters. The smallest absolute Gasteiger partial charge is 0.00618 e. The van der Waals surface area contributed by atoms with Crippen LogP contribution in [-0.2, 0) is 0 Å². The van der Waals surface area contributed by atoms with E-state index in [1.165, 1.54) is 24.3 Å². The largest absolute Gasteiger partial charge is 0.162 e. The first kappa shape index (κ1) is 4.51. The molecule has 6 heavy (non-hydrogen) atoms. The van der Waals surface area contributed by atoms with Crippen molar-refractivity contribution >= 4 is 11.8 Å². The monoisotopic (exact) mass is 100 g/mol. The van der Waals surface area contributed by atoms with E-state index in [9.17, 15) is 0 Å². The van der Waals surface area contributed by atoms with Crippen LogP contribution in [0.2, 0.25) is 0 Å². The van der Waals surface area contributed by atoms with Crippen LogP contribution in [0.4, 0.5) is 0 Å². The Morgan fingerprint density at radius 2 is 1.83 bits per heavy atom. The van der Waals surface area contributed by atoms with Gasteiger partial charge >= 0.3 is 0 Å². The van der Waals surface area contributed by atoms with Gasteiger partial charge in [0.2, 0.25) is 0 Å². The minimum atomic E-state index is 1.21. The highest BCUT2D eigenvalue weighted by Gasteiger charge is 1.96. The van der Waals surface area contributed by atoms with Gasteiger partial charge in [-0.3, -0.25) is 0 Å². The highest BCUT2D eigenvalue weighted by molar-refractivity contribution is 7.99. The summed E-state index contributed by atoms with van der Waals surface area (Å²) in [5, 5.41) is 0. The summed E-state index contributed by atoms with van der Waals surface area (Å²) in [7, 11) is 0. The van der Waals surface area contributed by atoms with E-state index in [0.717, 1.165) is 0 Å². The third-order valence-corrected chi connectivity index (χ3v) is 1.83. The number of rotatable bonds is 0. The Bertz CT molecular complexity index is 19.4. The van der Waals surface area contributed by atoms with Gasteiger partial charge in [0.25, 0.3) is 0 Å². The van der Waals surface area contributed by atoms with Crippen LogP contribution in [-0.4, -0.2) is 11.5 Å². The summed E-state index contributed by atoms with van der Waals surface area (Å²) in [4.78, 5) is 0. The van der Waals surface area contributed by atoms with Crippen molar-refractivity contribution in [2.75, 3.05) is 11.5 Å². The number of thioether (sulfide) groups is 1. The molecule has 0 bridgehead atoms. The molecule has 1 heterocycles. The van der Waals surface area contributed by atoms with Crippen molar-refractivity contribution in [3.8, 4) is 0 Å². The first-order chi connectivity index (χ1) is 3.00. The normalized spacial score (nSPS) is 24.0. The lowest BCUT2D eigenvalue weighted by atomic mass is 10.3. The van der Waals surface area contributed by atoms with Gasteiger partial charge in [0.15, 0.2) is 0 Å². The molecule has 2 radical (unpaired) electrons. The maximum atomic E-state index is 3.26. The maximum Gasteiger partial charge on any atom is -0.00618 e. The van der Waals surface area contributed by atoms with E-state index in [-0.39, 0.29) is 0 Å². The van der Waals surface area contributed by atoms with E-state index < -0.39 is 0 Å². The molecular formula is C5H8S. The topological polar surface area (TPSA) is 0 Å². The van der Waals surface area contributed by atoms with Crippen molar-refractivity contribution in [2.45, 2.75) is 12.8 Å². The van der Waals surface area contributed by atoms with Gasteiger partial charge in [0.1, 0.15) is 0 Å². The molecule has 0 aromatic heterocycles. The molecule has 1 aliphatic rings. The molecule has 1 fully saturated rings. The highest BCUT2D eigenvalue weighted by atomic mass is 32.2. The van der Waals surface area contributed by atoms with Crippen LogP contribution in [0.15, 0.2) is 0 Å². The zero-order chi connectivity index (χ0) is 4.24. The average Bonchev–Trinajstić information content (AvgIpc) is 1.72. The van der Waals surface area contributed by atoms with E-state index in [1.807, 2.05) is 11.8 Å². The van der Waals surface area contributed by atoms with E-state index >= 15 is 0 Å². The summed E-state index contributed by atoms with van der Waals surface area (Å²) in [5.41, 5.74) is 0. The first-order valence-electron chi connectivity index (χ1n) is 2.28. The summed E-state index contributed by atoms with van der Waals surface area (Å²) in [6.07, 6.45) is 5.69. The Labute approximate surface area is 43.3 Å². The fourth-order valence-electron chi connectivity index (χ4n) is 0.516. The van der Waals surface area contributed by atoms with E-state index in [2.05, 4.69) is 6.42 Å². The van der Waals surface area contributed by atoms with Crippen LogP contribution >= 0.6 is 11.8 Å². The number of hydrogen-bond acceptors (Lipinski definition) is 1. The third kappa shape index (κ3) is 1.21. The lowest BCUT2D eigenvalue weighted by Gasteiger charge is -2.04. The van der Waals surface area contributed by atoms with Gasteiger partial charge in [-0.05, 0) is 30.8 Å². The van der Waals surface area contributed by atoms with Crippen molar-refractivity contribution < 1.29 is 0 Å². The molecule has 0 saturated carbocycles. The molecule has 0 nitrogen and oxygen atoms in total. The molecule has 34 valence electrons. The third-order valence-electron chi connectivity index (χ3n) is 0.846. The van der Waals surface area contributed by atoms with E-state index in [4.69, 9.17) is 0 Å².